The van der Waals surface area contributed by atoms with E-state index >= 15 is 0 Å². The number of rotatable bonds is 8. The molecule has 6 heteroatoms. The molecule has 0 amide bonds. The van der Waals surface area contributed by atoms with Crippen molar-refractivity contribution in [3.63, 3.8) is 0 Å². The molecule has 1 saturated carbocycles. The lowest BCUT2D eigenvalue weighted by Gasteiger charge is -2.25. The van der Waals surface area contributed by atoms with E-state index in [1.165, 1.54) is 12.8 Å². The molecule has 2 fully saturated rings. The first-order chi connectivity index (χ1) is 8.62. The summed E-state index contributed by atoms with van der Waals surface area (Å²) in [4.78, 5) is 0. The number of nitrogens with zero attached hydrogens (tertiary/aromatic N) is 1. The predicted molar refractivity (Wildman–Crippen MR) is 72.5 cm³/mol. The van der Waals surface area contributed by atoms with Crippen LogP contribution in [0.2, 0.25) is 0 Å². The van der Waals surface area contributed by atoms with Gasteiger partial charge in [0.25, 0.3) is 10.2 Å². The van der Waals surface area contributed by atoms with Gasteiger partial charge in [-0.05, 0) is 44.6 Å². The lowest BCUT2D eigenvalue weighted by atomic mass is 10.2. The van der Waals surface area contributed by atoms with Crippen molar-refractivity contribution in [2.24, 2.45) is 5.92 Å². The van der Waals surface area contributed by atoms with Crippen molar-refractivity contribution in [3.05, 3.63) is 0 Å². The minimum atomic E-state index is -3.28. The molecule has 18 heavy (non-hydrogen) atoms. The molecule has 1 saturated heterocycles. The number of nitrogens with one attached hydrogen (secondary N) is 2. The Balaban J connectivity index is 1.93. The second kappa shape index (κ2) is 6.32. The smallest absolute Gasteiger partial charge is 0.279 e. The average Bonchev–Trinajstić information content (AvgIpc) is 3.00. The van der Waals surface area contributed by atoms with E-state index in [2.05, 4.69) is 10.0 Å². The van der Waals surface area contributed by atoms with Gasteiger partial charge < -0.3 is 5.32 Å². The van der Waals surface area contributed by atoms with Crippen LogP contribution in [0.3, 0.4) is 0 Å². The summed E-state index contributed by atoms with van der Waals surface area (Å²) in [5.74, 6) is 0.588. The molecule has 1 heterocycles. The highest BCUT2D eigenvalue weighted by Crippen LogP contribution is 2.30. The molecule has 0 bridgehead atoms. The van der Waals surface area contributed by atoms with Crippen molar-refractivity contribution in [3.8, 4) is 0 Å². The molecule has 106 valence electrons. The zero-order valence-corrected chi connectivity index (χ0v) is 12.0. The van der Waals surface area contributed by atoms with Crippen molar-refractivity contribution in [1.29, 1.82) is 0 Å². The van der Waals surface area contributed by atoms with E-state index in [1.807, 2.05) is 6.92 Å². The third kappa shape index (κ3) is 4.19. The molecular formula is C12H25N3O2S. The van der Waals surface area contributed by atoms with Gasteiger partial charge in [-0.25, -0.2) is 4.72 Å². The largest absolute Gasteiger partial charge is 0.313 e. The molecule has 0 radical (unpaired) electrons. The second-order valence-electron chi connectivity index (χ2n) is 5.45. The normalized spacial score (nSPS) is 24.9. The first kappa shape index (κ1) is 14.2. The highest BCUT2D eigenvalue weighted by Gasteiger charge is 2.32. The second-order valence-corrected chi connectivity index (χ2v) is 7.21. The zero-order chi connectivity index (χ0) is 13.0. The molecule has 1 atom stereocenters. The van der Waals surface area contributed by atoms with Crippen LogP contribution in [0, 0.1) is 5.92 Å². The Labute approximate surface area is 110 Å². The Bertz CT molecular complexity index is 348. The summed E-state index contributed by atoms with van der Waals surface area (Å²) in [7, 11) is -3.28. The Morgan fingerprint density at radius 3 is 2.61 bits per heavy atom. The van der Waals surface area contributed by atoms with E-state index in [0.717, 1.165) is 25.8 Å². The third-order valence-electron chi connectivity index (χ3n) is 3.62. The van der Waals surface area contributed by atoms with Crippen molar-refractivity contribution < 1.29 is 8.42 Å². The van der Waals surface area contributed by atoms with Crippen molar-refractivity contribution in [2.45, 2.75) is 45.1 Å². The molecule has 2 rings (SSSR count). The van der Waals surface area contributed by atoms with E-state index in [1.54, 1.807) is 4.31 Å². The topological polar surface area (TPSA) is 61.4 Å². The summed E-state index contributed by atoms with van der Waals surface area (Å²) in [6.45, 7) is 4.84. The minimum absolute atomic E-state index is 0.335. The molecule has 1 aliphatic carbocycles. The van der Waals surface area contributed by atoms with Gasteiger partial charge in [-0.1, -0.05) is 6.92 Å². The zero-order valence-electron chi connectivity index (χ0n) is 11.2. The summed E-state index contributed by atoms with van der Waals surface area (Å²) in [6, 6.07) is 0.335. The molecule has 0 aromatic heterocycles. The van der Waals surface area contributed by atoms with E-state index in [9.17, 15) is 8.42 Å². The fourth-order valence-corrected chi connectivity index (χ4v) is 3.77. The highest BCUT2D eigenvalue weighted by atomic mass is 32.2. The number of hydrogen-bond acceptors (Lipinski definition) is 3. The van der Waals surface area contributed by atoms with Gasteiger partial charge >= 0.3 is 0 Å². The van der Waals surface area contributed by atoms with Crippen molar-refractivity contribution in [2.75, 3.05) is 26.2 Å². The van der Waals surface area contributed by atoms with E-state index in [4.69, 9.17) is 0 Å². The summed E-state index contributed by atoms with van der Waals surface area (Å²) in [5, 5.41) is 3.38. The van der Waals surface area contributed by atoms with Gasteiger partial charge in [0.05, 0.1) is 0 Å². The first-order valence-electron chi connectivity index (χ1n) is 7.10. The maximum Gasteiger partial charge on any atom is 0.279 e. The van der Waals surface area contributed by atoms with Crippen LogP contribution in [0.5, 0.6) is 0 Å². The molecule has 2 N–H and O–H groups in total. The number of hydrogen-bond donors (Lipinski definition) is 2. The van der Waals surface area contributed by atoms with Crippen LogP contribution < -0.4 is 10.0 Å². The fraction of sp³-hybridized carbons (Fsp3) is 1.00. The quantitative estimate of drug-likeness (QED) is 0.685. The van der Waals surface area contributed by atoms with Gasteiger partial charge in [-0.3, -0.25) is 0 Å². The fourth-order valence-electron chi connectivity index (χ4n) is 2.34. The van der Waals surface area contributed by atoms with Crippen LogP contribution >= 0.6 is 0 Å². The summed E-state index contributed by atoms with van der Waals surface area (Å²) < 4.78 is 28.8. The van der Waals surface area contributed by atoms with Crippen molar-refractivity contribution in [1.82, 2.24) is 14.3 Å². The molecule has 1 aliphatic heterocycles. The minimum Gasteiger partial charge on any atom is -0.313 e. The van der Waals surface area contributed by atoms with E-state index in [0.29, 0.717) is 31.6 Å². The van der Waals surface area contributed by atoms with Crippen LogP contribution in [0.1, 0.15) is 39.0 Å². The maximum atomic E-state index is 12.2. The third-order valence-corrected chi connectivity index (χ3v) is 5.17. The SMILES string of the molecule is CCCNS(=O)(=O)N(CC1CC1)CC1CCCN1. The summed E-state index contributed by atoms with van der Waals surface area (Å²) in [6.07, 6.45) is 5.43. The summed E-state index contributed by atoms with van der Waals surface area (Å²) in [5.41, 5.74) is 0. The maximum absolute atomic E-state index is 12.2. The molecule has 5 nitrogen and oxygen atoms in total. The Hall–Kier alpha value is -0.170. The van der Waals surface area contributed by atoms with E-state index in [-0.39, 0.29) is 0 Å². The Morgan fingerprint density at radius 1 is 1.28 bits per heavy atom. The molecular weight excluding hydrogens is 250 g/mol. The first-order valence-corrected chi connectivity index (χ1v) is 8.54. The Kier molecular flexibility index (Phi) is 5.00. The van der Waals surface area contributed by atoms with Gasteiger partial charge in [0.2, 0.25) is 0 Å². The van der Waals surface area contributed by atoms with Crippen molar-refractivity contribution >= 4 is 10.2 Å². The molecule has 0 aromatic rings. The highest BCUT2D eigenvalue weighted by molar-refractivity contribution is 7.87. The van der Waals surface area contributed by atoms with Gasteiger partial charge in [-0.15, -0.1) is 0 Å². The van der Waals surface area contributed by atoms with Gasteiger partial charge in [0.15, 0.2) is 0 Å². The van der Waals surface area contributed by atoms with E-state index < -0.39 is 10.2 Å². The van der Waals surface area contributed by atoms with Crippen LogP contribution in [-0.4, -0.2) is 44.9 Å². The molecule has 1 unspecified atom stereocenters. The monoisotopic (exact) mass is 275 g/mol. The standard InChI is InChI=1S/C12H25N3O2S/c1-2-7-14-18(16,17)15(9-11-5-6-11)10-12-4-3-8-13-12/h11-14H,2-10H2,1H3. The van der Waals surface area contributed by atoms with Crippen LogP contribution in [0.4, 0.5) is 0 Å². The average molecular weight is 275 g/mol. The van der Waals surface area contributed by atoms with Gasteiger partial charge in [-0.2, -0.15) is 12.7 Å². The van der Waals surface area contributed by atoms with Crippen LogP contribution in [0.15, 0.2) is 0 Å². The molecule has 2 aliphatic rings. The van der Waals surface area contributed by atoms with Crippen LogP contribution in [-0.2, 0) is 10.2 Å². The lowest BCUT2D eigenvalue weighted by molar-refractivity contribution is 0.353. The predicted octanol–water partition coefficient (Wildman–Crippen LogP) is 0.695. The Morgan fingerprint density at radius 2 is 2.06 bits per heavy atom. The lowest BCUT2D eigenvalue weighted by Crippen LogP contribution is -2.47. The van der Waals surface area contributed by atoms with Crippen LogP contribution in [0.25, 0.3) is 0 Å². The molecule has 0 aromatic carbocycles. The van der Waals surface area contributed by atoms with Gasteiger partial charge in [0, 0.05) is 25.7 Å². The van der Waals surface area contributed by atoms with Gasteiger partial charge in [0.1, 0.15) is 0 Å². The molecule has 0 spiro atoms. The summed E-state index contributed by atoms with van der Waals surface area (Å²) >= 11 is 0.